The number of aromatic nitrogens is 2. The molecule has 1 N–H and O–H groups in total. The summed E-state index contributed by atoms with van der Waals surface area (Å²) >= 11 is 0. The molecule has 0 bridgehead atoms. The van der Waals surface area contributed by atoms with Crippen LogP contribution < -0.4 is 4.90 Å². The van der Waals surface area contributed by atoms with Crippen LogP contribution in [-0.4, -0.2) is 34.3 Å². The molecule has 0 aliphatic carbocycles. The lowest BCUT2D eigenvalue weighted by atomic mass is 10.1. The number of rotatable bonds is 2. The van der Waals surface area contributed by atoms with Crippen LogP contribution in [0.1, 0.15) is 5.69 Å². The van der Waals surface area contributed by atoms with Crippen molar-refractivity contribution in [1.29, 1.82) is 0 Å². The third kappa shape index (κ3) is 2.82. The minimum atomic E-state index is -4.48. The summed E-state index contributed by atoms with van der Waals surface area (Å²) in [5.74, 6) is 0. The number of alkyl halides is 3. The Balaban J connectivity index is 1.92. The number of hydrogen-bond acceptors (Lipinski definition) is 4. The number of anilines is 1. The van der Waals surface area contributed by atoms with Gasteiger partial charge < -0.3 is 10.0 Å². The molecule has 0 spiro atoms. The van der Waals surface area contributed by atoms with Crippen molar-refractivity contribution < 1.29 is 18.3 Å². The van der Waals surface area contributed by atoms with Gasteiger partial charge in [0, 0.05) is 36.7 Å². The topological polar surface area (TPSA) is 49.2 Å². The predicted octanol–water partition coefficient (Wildman–Crippen LogP) is 2.34. The molecule has 2 aromatic heterocycles. The molecule has 1 aliphatic heterocycles. The van der Waals surface area contributed by atoms with Gasteiger partial charge in [0.25, 0.3) is 0 Å². The zero-order valence-electron chi connectivity index (χ0n) is 10.9. The summed E-state index contributed by atoms with van der Waals surface area (Å²) < 4.78 is 38.0. The first-order chi connectivity index (χ1) is 9.93. The lowest BCUT2D eigenvalue weighted by Crippen LogP contribution is -2.50. The fourth-order valence-electron chi connectivity index (χ4n) is 2.18. The van der Waals surface area contributed by atoms with Gasteiger partial charge in [-0.25, -0.2) is 0 Å². The highest BCUT2D eigenvalue weighted by Gasteiger charge is 2.32. The smallest absolute Gasteiger partial charge is 0.389 e. The van der Waals surface area contributed by atoms with E-state index in [0.717, 1.165) is 18.0 Å². The van der Waals surface area contributed by atoms with Crippen molar-refractivity contribution in [3.63, 3.8) is 0 Å². The summed E-state index contributed by atoms with van der Waals surface area (Å²) in [5, 5.41) is 9.30. The van der Waals surface area contributed by atoms with Crippen molar-refractivity contribution in [2.24, 2.45) is 0 Å². The van der Waals surface area contributed by atoms with Crippen molar-refractivity contribution in [3.8, 4) is 11.3 Å². The summed E-state index contributed by atoms with van der Waals surface area (Å²) in [4.78, 5) is 9.38. The second-order valence-electron chi connectivity index (χ2n) is 4.89. The summed E-state index contributed by atoms with van der Waals surface area (Å²) in [6.07, 6.45) is -2.16. The van der Waals surface area contributed by atoms with Gasteiger partial charge in [-0.2, -0.15) is 13.2 Å². The average molecular weight is 295 g/mol. The van der Waals surface area contributed by atoms with Gasteiger partial charge in [-0.1, -0.05) is 0 Å². The van der Waals surface area contributed by atoms with E-state index < -0.39 is 11.9 Å². The van der Waals surface area contributed by atoms with E-state index in [1.807, 2.05) is 4.90 Å². The summed E-state index contributed by atoms with van der Waals surface area (Å²) in [6, 6.07) is 5.95. The first-order valence-electron chi connectivity index (χ1n) is 6.36. The van der Waals surface area contributed by atoms with Crippen molar-refractivity contribution in [2.75, 3.05) is 18.0 Å². The number of aliphatic hydroxyl groups is 1. The number of pyridine rings is 2. The Labute approximate surface area is 118 Å². The van der Waals surface area contributed by atoms with Crippen molar-refractivity contribution in [2.45, 2.75) is 12.3 Å². The van der Waals surface area contributed by atoms with E-state index in [4.69, 9.17) is 0 Å². The Morgan fingerprint density at radius 2 is 1.81 bits per heavy atom. The zero-order chi connectivity index (χ0) is 15.0. The fourth-order valence-corrected chi connectivity index (χ4v) is 2.18. The van der Waals surface area contributed by atoms with Gasteiger partial charge in [-0.15, -0.1) is 0 Å². The number of halogens is 3. The lowest BCUT2D eigenvalue weighted by Gasteiger charge is -2.37. The molecule has 1 saturated heterocycles. The van der Waals surface area contributed by atoms with Crippen molar-refractivity contribution in [1.82, 2.24) is 9.97 Å². The molecule has 3 heterocycles. The Morgan fingerprint density at radius 3 is 2.48 bits per heavy atom. The van der Waals surface area contributed by atoms with E-state index in [9.17, 15) is 18.3 Å². The van der Waals surface area contributed by atoms with Gasteiger partial charge in [0.05, 0.1) is 11.8 Å². The third-order valence-corrected chi connectivity index (χ3v) is 3.32. The number of nitrogens with zero attached hydrogens (tertiary/aromatic N) is 3. The minimum Gasteiger partial charge on any atom is -0.389 e. The van der Waals surface area contributed by atoms with E-state index in [-0.39, 0.29) is 6.10 Å². The van der Waals surface area contributed by atoms with Crippen LogP contribution >= 0.6 is 0 Å². The molecular formula is C14H12F3N3O. The molecule has 7 heteroatoms. The maximum absolute atomic E-state index is 12.7. The molecule has 1 fully saturated rings. The number of aliphatic hydroxyl groups excluding tert-OH is 1. The fraction of sp³-hybridized carbons (Fsp3) is 0.286. The van der Waals surface area contributed by atoms with Crippen LogP contribution in [-0.2, 0) is 6.18 Å². The van der Waals surface area contributed by atoms with Crippen LogP contribution in [0.3, 0.4) is 0 Å². The van der Waals surface area contributed by atoms with Gasteiger partial charge in [-0.05, 0) is 24.3 Å². The first kappa shape index (κ1) is 13.8. The quantitative estimate of drug-likeness (QED) is 0.924. The van der Waals surface area contributed by atoms with Gasteiger partial charge in [0.15, 0.2) is 0 Å². The maximum atomic E-state index is 12.7. The van der Waals surface area contributed by atoms with Gasteiger partial charge in [0.1, 0.15) is 5.69 Å². The molecule has 3 rings (SSSR count). The van der Waals surface area contributed by atoms with Crippen molar-refractivity contribution in [3.05, 3.63) is 42.4 Å². The van der Waals surface area contributed by atoms with Gasteiger partial charge in [0.2, 0.25) is 0 Å². The van der Waals surface area contributed by atoms with Crippen LogP contribution in [0.25, 0.3) is 11.3 Å². The molecular weight excluding hydrogens is 283 g/mol. The van der Waals surface area contributed by atoms with E-state index >= 15 is 0 Å². The highest BCUT2D eigenvalue weighted by atomic mass is 19.4. The normalized spacial score (nSPS) is 15.9. The molecule has 0 atom stereocenters. The molecule has 1 aliphatic rings. The summed E-state index contributed by atoms with van der Waals surface area (Å²) in [7, 11) is 0. The Kier molecular flexibility index (Phi) is 3.29. The monoisotopic (exact) mass is 295 g/mol. The standard InChI is InChI=1S/C14H12F3N3O/c15-14(16,17)13-5-9(1-3-19-13)12-6-10(2-4-18-12)20-7-11(21)8-20/h1-6,11,21H,7-8H2. The van der Waals surface area contributed by atoms with E-state index in [0.29, 0.717) is 24.3 Å². The molecule has 0 aromatic carbocycles. The number of β-amino-alcohol motifs (C(OH)–C–C–N with tert-alkyl or cyclic N) is 1. The predicted molar refractivity (Wildman–Crippen MR) is 70.7 cm³/mol. The number of hydrogen-bond donors (Lipinski definition) is 1. The van der Waals surface area contributed by atoms with Gasteiger partial charge in [-0.3, -0.25) is 9.97 Å². The zero-order valence-corrected chi connectivity index (χ0v) is 10.9. The van der Waals surface area contributed by atoms with E-state index in [1.54, 1.807) is 18.3 Å². The van der Waals surface area contributed by atoms with Crippen LogP contribution in [0.15, 0.2) is 36.7 Å². The van der Waals surface area contributed by atoms with Crippen LogP contribution in [0.2, 0.25) is 0 Å². The Hall–Kier alpha value is -2.15. The Morgan fingerprint density at radius 1 is 1.10 bits per heavy atom. The van der Waals surface area contributed by atoms with Crippen LogP contribution in [0, 0.1) is 0 Å². The largest absolute Gasteiger partial charge is 0.433 e. The van der Waals surface area contributed by atoms with Crippen molar-refractivity contribution >= 4 is 5.69 Å². The average Bonchev–Trinajstić information content (AvgIpc) is 2.43. The SMILES string of the molecule is OC1CN(c2ccnc(-c3ccnc(C(F)(F)F)c3)c2)C1. The van der Waals surface area contributed by atoms with Crippen LogP contribution in [0.5, 0.6) is 0 Å². The minimum absolute atomic E-state index is 0.348. The van der Waals surface area contributed by atoms with E-state index in [1.165, 1.54) is 6.07 Å². The molecule has 0 saturated carbocycles. The lowest BCUT2D eigenvalue weighted by molar-refractivity contribution is -0.141. The Bertz CT molecular complexity index is 654. The first-order valence-corrected chi connectivity index (χ1v) is 6.36. The third-order valence-electron chi connectivity index (χ3n) is 3.32. The second-order valence-corrected chi connectivity index (χ2v) is 4.89. The maximum Gasteiger partial charge on any atom is 0.433 e. The summed E-state index contributed by atoms with van der Waals surface area (Å²) in [6.45, 7) is 1.04. The molecule has 4 nitrogen and oxygen atoms in total. The second kappa shape index (κ2) is 5.00. The summed E-state index contributed by atoms with van der Waals surface area (Å²) in [5.41, 5.74) is 0.698. The van der Waals surface area contributed by atoms with E-state index in [2.05, 4.69) is 9.97 Å². The molecule has 0 radical (unpaired) electrons. The molecule has 0 amide bonds. The molecule has 2 aromatic rings. The van der Waals surface area contributed by atoms with Gasteiger partial charge >= 0.3 is 6.18 Å². The molecule has 21 heavy (non-hydrogen) atoms. The molecule has 0 unspecified atom stereocenters. The van der Waals surface area contributed by atoms with Crippen LogP contribution in [0.4, 0.5) is 18.9 Å². The highest BCUT2D eigenvalue weighted by Crippen LogP contribution is 2.31. The highest BCUT2D eigenvalue weighted by molar-refractivity contribution is 5.65. The molecule has 110 valence electrons.